The molecule has 1 N–H and O–H groups in total. The zero-order valence-electron chi connectivity index (χ0n) is 10.8. The van der Waals surface area contributed by atoms with Crippen LogP contribution in [0.3, 0.4) is 0 Å². The average Bonchev–Trinajstić information content (AvgIpc) is 3.31. The maximum Gasteiger partial charge on any atom is 0.251 e. The van der Waals surface area contributed by atoms with Crippen LogP contribution in [0.4, 0.5) is 0 Å². The number of amides is 1. The third-order valence-electron chi connectivity index (χ3n) is 3.57. The van der Waals surface area contributed by atoms with Gasteiger partial charge in [-0.3, -0.25) is 4.79 Å². The van der Waals surface area contributed by atoms with Gasteiger partial charge in [-0.25, -0.2) is 0 Å². The van der Waals surface area contributed by atoms with Gasteiger partial charge in [-0.1, -0.05) is 48.5 Å². The first-order valence-corrected chi connectivity index (χ1v) is 6.75. The van der Waals surface area contributed by atoms with E-state index in [2.05, 4.69) is 17.4 Å². The van der Waals surface area contributed by atoms with Gasteiger partial charge < -0.3 is 5.32 Å². The lowest BCUT2D eigenvalue weighted by Gasteiger charge is -2.18. The van der Waals surface area contributed by atoms with Crippen LogP contribution in [0.25, 0.3) is 0 Å². The van der Waals surface area contributed by atoms with Gasteiger partial charge in [0.1, 0.15) is 0 Å². The predicted octanol–water partition coefficient (Wildman–Crippen LogP) is 3.57. The number of benzene rings is 2. The summed E-state index contributed by atoms with van der Waals surface area (Å²) in [5, 5.41) is 3.17. The van der Waals surface area contributed by atoms with Crippen LogP contribution in [0, 0.1) is 5.92 Å². The SMILES string of the molecule is O=C(NC(c1ccccc1)C1CC1)c1ccccc1. The summed E-state index contributed by atoms with van der Waals surface area (Å²) >= 11 is 0. The highest BCUT2D eigenvalue weighted by molar-refractivity contribution is 5.94. The van der Waals surface area contributed by atoms with Crippen LogP contribution in [0.2, 0.25) is 0 Å². The van der Waals surface area contributed by atoms with Crippen LogP contribution in [-0.2, 0) is 0 Å². The maximum atomic E-state index is 12.2. The minimum atomic E-state index is 0.0151. The number of carbonyl (C=O) groups is 1. The van der Waals surface area contributed by atoms with E-state index in [4.69, 9.17) is 0 Å². The number of hydrogen-bond donors (Lipinski definition) is 1. The van der Waals surface area contributed by atoms with Gasteiger partial charge in [0.05, 0.1) is 6.04 Å². The van der Waals surface area contributed by atoms with Gasteiger partial charge in [-0.2, -0.15) is 0 Å². The lowest BCUT2D eigenvalue weighted by atomic mass is 10.0. The van der Waals surface area contributed by atoms with E-state index in [0.29, 0.717) is 5.92 Å². The second-order valence-electron chi connectivity index (χ2n) is 5.07. The molecule has 2 heteroatoms. The molecule has 0 bridgehead atoms. The lowest BCUT2D eigenvalue weighted by Crippen LogP contribution is -2.29. The highest BCUT2D eigenvalue weighted by Crippen LogP contribution is 2.41. The smallest absolute Gasteiger partial charge is 0.251 e. The first kappa shape index (κ1) is 12.0. The molecule has 1 unspecified atom stereocenters. The van der Waals surface area contributed by atoms with Crippen molar-refractivity contribution in [2.24, 2.45) is 5.92 Å². The largest absolute Gasteiger partial charge is 0.345 e. The molecular formula is C17H17NO. The fourth-order valence-corrected chi connectivity index (χ4v) is 2.38. The molecule has 2 nitrogen and oxygen atoms in total. The Morgan fingerprint density at radius 1 is 0.947 bits per heavy atom. The van der Waals surface area contributed by atoms with Gasteiger partial charge >= 0.3 is 0 Å². The number of nitrogens with one attached hydrogen (secondary N) is 1. The van der Waals surface area contributed by atoms with E-state index >= 15 is 0 Å². The summed E-state index contributed by atoms with van der Waals surface area (Å²) in [5.41, 5.74) is 1.93. The monoisotopic (exact) mass is 251 g/mol. The van der Waals surface area contributed by atoms with Crippen LogP contribution in [0.5, 0.6) is 0 Å². The summed E-state index contributed by atoms with van der Waals surface area (Å²) in [6, 6.07) is 19.8. The van der Waals surface area contributed by atoms with Gasteiger partial charge in [0.15, 0.2) is 0 Å². The van der Waals surface area contributed by atoms with Crippen molar-refractivity contribution in [1.29, 1.82) is 0 Å². The summed E-state index contributed by atoms with van der Waals surface area (Å²) in [5.74, 6) is 0.608. The topological polar surface area (TPSA) is 29.1 Å². The molecule has 1 saturated carbocycles. The first-order valence-electron chi connectivity index (χ1n) is 6.75. The molecule has 96 valence electrons. The Kier molecular flexibility index (Phi) is 3.32. The maximum absolute atomic E-state index is 12.2. The Balaban J connectivity index is 1.78. The normalized spacial score (nSPS) is 15.8. The Labute approximate surface area is 113 Å². The van der Waals surface area contributed by atoms with Gasteiger partial charge in [-0.15, -0.1) is 0 Å². The molecular weight excluding hydrogens is 234 g/mol. The predicted molar refractivity (Wildman–Crippen MR) is 75.8 cm³/mol. The molecule has 1 atom stereocenters. The van der Waals surface area contributed by atoms with Crippen molar-refractivity contribution in [2.45, 2.75) is 18.9 Å². The number of carbonyl (C=O) groups excluding carboxylic acids is 1. The average molecular weight is 251 g/mol. The zero-order valence-corrected chi connectivity index (χ0v) is 10.8. The van der Waals surface area contributed by atoms with Crippen molar-refractivity contribution < 1.29 is 4.79 Å². The fourth-order valence-electron chi connectivity index (χ4n) is 2.38. The summed E-state index contributed by atoms with van der Waals surface area (Å²) < 4.78 is 0. The van der Waals surface area contributed by atoms with Gasteiger partial charge in [0, 0.05) is 5.56 Å². The molecule has 2 aromatic rings. The standard InChI is InChI=1S/C17H17NO/c19-17(15-9-5-2-6-10-15)18-16(14-11-12-14)13-7-3-1-4-8-13/h1-10,14,16H,11-12H2,(H,18,19). The van der Waals surface area contributed by atoms with E-state index in [0.717, 1.165) is 5.56 Å². The molecule has 0 aliphatic heterocycles. The van der Waals surface area contributed by atoms with E-state index in [1.165, 1.54) is 18.4 Å². The zero-order chi connectivity index (χ0) is 13.1. The summed E-state index contributed by atoms with van der Waals surface area (Å²) in [4.78, 5) is 12.2. The minimum Gasteiger partial charge on any atom is -0.345 e. The highest BCUT2D eigenvalue weighted by Gasteiger charge is 2.33. The third-order valence-corrected chi connectivity index (χ3v) is 3.57. The Morgan fingerprint density at radius 2 is 1.53 bits per heavy atom. The van der Waals surface area contributed by atoms with E-state index in [-0.39, 0.29) is 11.9 Å². The molecule has 0 spiro atoms. The van der Waals surface area contributed by atoms with Crippen molar-refractivity contribution in [3.8, 4) is 0 Å². The summed E-state index contributed by atoms with van der Waals surface area (Å²) in [6.45, 7) is 0. The summed E-state index contributed by atoms with van der Waals surface area (Å²) in [7, 11) is 0. The molecule has 1 fully saturated rings. The summed E-state index contributed by atoms with van der Waals surface area (Å²) in [6.07, 6.45) is 2.41. The second-order valence-corrected chi connectivity index (χ2v) is 5.07. The molecule has 19 heavy (non-hydrogen) atoms. The van der Waals surface area contributed by atoms with Gasteiger partial charge in [0.25, 0.3) is 5.91 Å². The lowest BCUT2D eigenvalue weighted by molar-refractivity contribution is 0.0931. The van der Waals surface area contributed by atoms with Crippen LogP contribution in [0.15, 0.2) is 60.7 Å². The molecule has 1 aliphatic carbocycles. The molecule has 0 aromatic heterocycles. The second kappa shape index (κ2) is 5.27. The molecule has 1 amide bonds. The number of rotatable bonds is 4. The Bertz CT molecular complexity index is 546. The molecule has 2 aromatic carbocycles. The van der Waals surface area contributed by atoms with E-state index < -0.39 is 0 Å². The molecule has 3 rings (SSSR count). The van der Waals surface area contributed by atoms with Crippen molar-refractivity contribution in [3.63, 3.8) is 0 Å². The Morgan fingerprint density at radius 3 is 2.11 bits per heavy atom. The van der Waals surface area contributed by atoms with E-state index in [1.54, 1.807) is 0 Å². The van der Waals surface area contributed by atoms with Crippen molar-refractivity contribution >= 4 is 5.91 Å². The number of hydrogen-bond acceptors (Lipinski definition) is 1. The van der Waals surface area contributed by atoms with Crippen molar-refractivity contribution in [2.75, 3.05) is 0 Å². The van der Waals surface area contributed by atoms with E-state index in [9.17, 15) is 4.79 Å². The molecule has 0 saturated heterocycles. The highest BCUT2D eigenvalue weighted by atomic mass is 16.1. The van der Waals surface area contributed by atoms with Crippen LogP contribution in [0.1, 0.15) is 34.8 Å². The van der Waals surface area contributed by atoms with Crippen LogP contribution in [-0.4, -0.2) is 5.91 Å². The molecule has 0 radical (unpaired) electrons. The van der Waals surface area contributed by atoms with Gasteiger partial charge in [-0.05, 0) is 36.5 Å². The first-order chi connectivity index (χ1) is 9.34. The van der Waals surface area contributed by atoms with Crippen molar-refractivity contribution in [3.05, 3.63) is 71.8 Å². The Hall–Kier alpha value is -2.09. The fraction of sp³-hybridized carbons (Fsp3) is 0.235. The van der Waals surface area contributed by atoms with Crippen LogP contribution >= 0.6 is 0 Å². The van der Waals surface area contributed by atoms with Gasteiger partial charge in [0.2, 0.25) is 0 Å². The van der Waals surface area contributed by atoms with Crippen molar-refractivity contribution in [1.82, 2.24) is 5.32 Å². The molecule has 1 aliphatic rings. The third kappa shape index (κ3) is 2.84. The molecule has 0 heterocycles. The van der Waals surface area contributed by atoms with E-state index in [1.807, 2.05) is 48.5 Å². The quantitative estimate of drug-likeness (QED) is 0.884. The van der Waals surface area contributed by atoms with Crippen LogP contribution < -0.4 is 5.32 Å². The minimum absolute atomic E-state index is 0.0151.